The first-order valence-corrected chi connectivity index (χ1v) is 4.76. The van der Waals surface area contributed by atoms with Gasteiger partial charge in [-0.2, -0.15) is 5.10 Å². The zero-order valence-electron chi connectivity index (χ0n) is 8.01. The Bertz CT molecular complexity index is 481. The second-order valence-corrected chi connectivity index (χ2v) is 3.59. The molecule has 1 aromatic carbocycles. The molecule has 0 aliphatic rings. The monoisotopic (exact) mass is 225 g/mol. The quantitative estimate of drug-likeness (QED) is 0.824. The van der Waals surface area contributed by atoms with Crippen LogP contribution in [0.1, 0.15) is 5.56 Å². The molecule has 2 aromatic rings. The number of rotatable bonds is 2. The first kappa shape index (κ1) is 9.98. The molecule has 0 saturated carbocycles. The zero-order chi connectivity index (χ0) is 10.8. The Labute approximate surface area is 91.3 Å². The molecule has 0 saturated heterocycles. The fourth-order valence-electron chi connectivity index (χ4n) is 1.19. The van der Waals surface area contributed by atoms with Gasteiger partial charge < -0.3 is 5.32 Å². The van der Waals surface area contributed by atoms with Gasteiger partial charge in [-0.1, -0.05) is 11.6 Å². The first-order chi connectivity index (χ1) is 7.16. The maximum Gasteiger partial charge on any atom is 0.143 e. The van der Waals surface area contributed by atoms with Crippen molar-refractivity contribution in [2.45, 2.75) is 6.92 Å². The van der Waals surface area contributed by atoms with Gasteiger partial charge in [0.05, 0.1) is 11.2 Å². The highest BCUT2D eigenvalue weighted by Gasteiger charge is 2.03. The normalized spacial score (nSPS) is 10.3. The highest BCUT2D eigenvalue weighted by molar-refractivity contribution is 6.30. The van der Waals surface area contributed by atoms with E-state index in [2.05, 4.69) is 15.5 Å². The number of benzene rings is 1. The van der Waals surface area contributed by atoms with Crippen LogP contribution >= 0.6 is 11.6 Å². The third-order valence-electron chi connectivity index (χ3n) is 2.02. The number of hydrogen-bond donors (Lipinski definition) is 2. The third kappa shape index (κ3) is 2.10. The van der Waals surface area contributed by atoms with Crippen LogP contribution < -0.4 is 5.32 Å². The Hall–Kier alpha value is -1.55. The van der Waals surface area contributed by atoms with Crippen LogP contribution in [0.5, 0.6) is 0 Å². The number of aromatic nitrogens is 2. The highest BCUT2D eigenvalue weighted by Crippen LogP contribution is 2.22. The summed E-state index contributed by atoms with van der Waals surface area (Å²) in [6.07, 6.45) is 1.69. The van der Waals surface area contributed by atoms with Crippen LogP contribution in [0.4, 0.5) is 15.9 Å². The average Bonchev–Trinajstić information content (AvgIpc) is 2.59. The van der Waals surface area contributed by atoms with Gasteiger partial charge in [0.25, 0.3) is 0 Å². The number of nitrogens with zero attached hydrogens (tertiary/aromatic N) is 1. The Morgan fingerprint density at radius 2 is 2.27 bits per heavy atom. The van der Waals surface area contributed by atoms with Crippen molar-refractivity contribution in [2.75, 3.05) is 5.32 Å². The summed E-state index contributed by atoms with van der Waals surface area (Å²) >= 11 is 5.57. The molecule has 1 aromatic heterocycles. The summed E-state index contributed by atoms with van der Waals surface area (Å²) in [4.78, 5) is 0. The van der Waals surface area contributed by atoms with Crippen LogP contribution in [0.15, 0.2) is 24.4 Å². The molecule has 0 radical (unpaired) electrons. The summed E-state index contributed by atoms with van der Waals surface area (Å²) in [6.45, 7) is 1.90. The summed E-state index contributed by atoms with van der Waals surface area (Å²) in [6, 6.07) is 4.54. The first-order valence-electron chi connectivity index (χ1n) is 4.39. The molecule has 0 spiro atoms. The molecule has 0 bridgehead atoms. The van der Waals surface area contributed by atoms with Crippen LogP contribution in [0.2, 0.25) is 5.02 Å². The van der Waals surface area contributed by atoms with Gasteiger partial charge in [0.15, 0.2) is 0 Å². The van der Waals surface area contributed by atoms with Crippen molar-refractivity contribution in [3.63, 3.8) is 0 Å². The second-order valence-electron chi connectivity index (χ2n) is 3.18. The van der Waals surface area contributed by atoms with E-state index in [0.717, 1.165) is 11.4 Å². The second kappa shape index (κ2) is 3.90. The van der Waals surface area contributed by atoms with Gasteiger partial charge in [0, 0.05) is 11.3 Å². The fraction of sp³-hybridized carbons (Fsp3) is 0.100. The molecule has 0 aliphatic heterocycles. The zero-order valence-corrected chi connectivity index (χ0v) is 8.77. The number of halogens is 2. The maximum atomic E-state index is 13.1. The van der Waals surface area contributed by atoms with Crippen LogP contribution in [-0.2, 0) is 0 Å². The van der Waals surface area contributed by atoms with Crippen molar-refractivity contribution in [1.29, 1.82) is 0 Å². The largest absolute Gasteiger partial charge is 0.340 e. The highest BCUT2D eigenvalue weighted by atomic mass is 35.5. The summed E-state index contributed by atoms with van der Waals surface area (Å²) in [5.74, 6) is 0.301. The van der Waals surface area contributed by atoms with Crippen molar-refractivity contribution in [1.82, 2.24) is 10.2 Å². The summed E-state index contributed by atoms with van der Waals surface area (Å²) in [5.41, 5.74) is 1.59. The SMILES string of the molecule is Cc1cn[nH]c1Nc1ccc(Cl)c(F)c1. The molecule has 1 heterocycles. The minimum absolute atomic E-state index is 0.113. The summed E-state index contributed by atoms with van der Waals surface area (Å²) in [5, 5.41) is 9.74. The van der Waals surface area contributed by atoms with Crippen molar-refractivity contribution in [3.8, 4) is 0 Å². The number of nitrogens with one attached hydrogen (secondary N) is 2. The van der Waals surface area contributed by atoms with Gasteiger partial charge in [0.2, 0.25) is 0 Å². The standard InChI is InChI=1S/C10H9ClFN3/c1-6-5-13-15-10(6)14-7-2-3-8(11)9(12)4-7/h2-5H,1H3,(H2,13,14,15). The summed E-state index contributed by atoms with van der Waals surface area (Å²) in [7, 11) is 0. The lowest BCUT2D eigenvalue weighted by Crippen LogP contribution is -1.93. The van der Waals surface area contributed by atoms with E-state index in [1.807, 2.05) is 6.92 Å². The predicted molar refractivity (Wildman–Crippen MR) is 58.0 cm³/mol. The number of hydrogen-bond acceptors (Lipinski definition) is 2. The fourth-order valence-corrected chi connectivity index (χ4v) is 1.31. The Morgan fingerprint density at radius 3 is 2.87 bits per heavy atom. The predicted octanol–water partition coefficient (Wildman–Crippen LogP) is 3.25. The third-order valence-corrected chi connectivity index (χ3v) is 2.32. The molecule has 0 fully saturated rings. The molecule has 15 heavy (non-hydrogen) atoms. The van der Waals surface area contributed by atoms with E-state index >= 15 is 0 Å². The molecule has 5 heteroatoms. The smallest absolute Gasteiger partial charge is 0.143 e. The van der Waals surface area contributed by atoms with E-state index < -0.39 is 5.82 Å². The Morgan fingerprint density at radius 1 is 1.47 bits per heavy atom. The number of anilines is 2. The van der Waals surface area contributed by atoms with Gasteiger partial charge in [-0.25, -0.2) is 4.39 Å². The number of H-pyrrole nitrogens is 1. The lowest BCUT2D eigenvalue weighted by Gasteiger charge is -2.05. The maximum absolute atomic E-state index is 13.1. The molecular weight excluding hydrogens is 217 g/mol. The minimum atomic E-state index is -0.446. The molecule has 2 N–H and O–H groups in total. The average molecular weight is 226 g/mol. The molecule has 0 unspecified atom stereocenters. The lowest BCUT2D eigenvalue weighted by atomic mass is 10.3. The van der Waals surface area contributed by atoms with Gasteiger partial charge in [-0.05, 0) is 25.1 Å². The van der Waals surface area contributed by atoms with Crippen molar-refractivity contribution < 1.29 is 4.39 Å². The van der Waals surface area contributed by atoms with Crippen LogP contribution in [0.3, 0.4) is 0 Å². The van der Waals surface area contributed by atoms with E-state index in [-0.39, 0.29) is 5.02 Å². The van der Waals surface area contributed by atoms with Crippen LogP contribution in [0.25, 0.3) is 0 Å². The van der Waals surface area contributed by atoms with Gasteiger partial charge >= 0.3 is 0 Å². The van der Waals surface area contributed by atoms with Gasteiger partial charge in [-0.15, -0.1) is 0 Å². The van der Waals surface area contributed by atoms with E-state index in [1.54, 1.807) is 12.3 Å². The van der Waals surface area contributed by atoms with E-state index in [9.17, 15) is 4.39 Å². The van der Waals surface area contributed by atoms with Crippen molar-refractivity contribution >= 4 is 23.1 Å². The Kier molecular flexibility index (Phi) is 2.60. The van der Waals surface area contributed by atoms with Crippen LogP contribution in [-0.4, -0.2) is 10.2 Å². The number of aromatic amines is 1. The molecule has 0 amide bonds. The molecule has 78 valence electrons. The van der Waals surface area contributed by atoms with Gasteiger partial charge in [-0.3, -0.25) is 5.10 Å². The lowest BCUT2D eigenvalue weighted by molar-refractivity contribution is 0.629. The van der Waals surface area contributed by atoms with Gasteiger partial charge in [0.1, 0.15) is 11.6 Å². The molecule has 0 aliphatic carbocycles. The van der Waals surface area contributed by atoms with E-state index in [4.69, 9.17) is 11.6 Å². The summed E-state index contributed by atoms with van der Waals surface area (Å²) < 4.78 is 13.1. The molecular formula is C10H9ClFN3. The van der Waals surface area contributed by atoms with Crippen LogP contribution in [0, 0.1) is 12.7 Å². The topological polar surface area (TPSA) is 40.7 Å². The van der Waals surface area contributed by atoms with Crippen molar-refractivity contribution in [2.24, 2.45) is 0 Å². The van der Waals surface area contributed by atoms with E-state index in [0.29, 0.717) is 5.69 Å². The van der Waals surface area contributed by atoms with E-state index in [1.165, 1.54) is 12.1 Å². The Balaban J connectivity index is 2.25. The molecule has 3 nitrogen and oxygen atoms in total. The minimum Gasteiger partial charge on any atom is -0.340 e. The molecule has 2 rings (SSSR count). The van der Waals surface area contributed by atoms with Crippen molar-refractivity contribution in [3.05, 3.63) is 40.8 Å². The molecule has 0 atom stereocenters. The number of aryl methyl sites for hydroxylation is 1.